The van der Waals surface area contributed by atoms with E-state index in [1.54, 1.807) is 24.3 Å². The van der Waals surface area contributed by atoms with Gasteiger partial charge in [0.05, 0.1) is 5.69 Å². The minimum atomic E-state index is -0.492. The van der Waals surface area contributed by atoms with Gasteiger partial charge in [0, 0.05) is 12.2 Å². The number of hydrogen-bond donors (Lipinski definition) is 1. The molecule has 3 aromatic rings. The highest BCUT2D eigenvalue weighted by Gasteiger charge is 2.19. The van der Waals surface area contributed by atoms with Crippen molar-refractivity contribution in [3.8, 4) is 0 Å². The molecule has 0 aliphatic carbocycles. The maximum Gasteiger partial charge on any atom is 0.276 e. The van der Waals surface area contributed by atoms with Gasteiger partial charge in [-0.25, -0.2) is 4.39 Å². The van der Waals surface area contributed by atoms with Gasteiger partial charge in [0.15, 0.2) is 11.5 Å². The zero-order valence-corrected chi connectivity index (χ0v) is 14.0. The number of nitrogens with zero attached hydrogens (tertiary/aromatic N) is 3. The van der Waals surface area contributed by atoms with E-state index in [0.29, 0.717) is 5.82 Å². The quantitative estimate of drug-likeness (QED) is 0.779. The van der Waals surface area contributed by atoms with Gasteiger partial charge in [-0.3, -0.25) is 4.79 Å². The molecule has 0 bridgehead atoms. The van der Waals surface area contributed by atoms with Crippen molar-refractivity contribution in [2.75, 3.05) is 16.8 Å². The van der Waals surface area contributed by atoms with Crippen LogP contribution in [0.5, 0.6) is 0 Å². The summed E-state index contributed by atoms with van der Waals surface area (Å²) >= 11 is 0. The number of fused-ring (bicyclic) bond motifs is 1. The average molecular weight is 348 g/mol. The summed E-state index contributed by atoms with van der Waals surface area (Å²) in [4.78, 5) is 14.4. The molecule has 0 saturated carbocycles. The van der Waals surface area contributed by atoms with E-state index in [1.165, 1.54) is 17.7 Å². The third-order valence-electron chi connectivity index (χ3n) is 4.39. The van der Waals surface area contributed by atoms with Crippen molar-refractivity contribution in [1.29, 1.82) is 0 Å². The van der Waals surface area contributed by atoms with Crippen LogP contribution in [0.15, 0.2) is 60.7 Å². The van der Waals surface area contributed by atoms with Gasteiger partial charge in [-0.1, -0.05) is 30.3 Å². The molecule has 1 amide bonds. The van der Waals surface area contributed by atoms with E-state index in [9.17, 15) is 9.18 Å². The summed E-state index contributed by atoms with van der Waals surface area (Å²) in [7, 11) is 0. The molecule has 0 unspecified atom stereocenters. The van der Waals surface area contributed by atoms with E-state index in [-0.39, 0.29) is 11.4 Å². The van der Waals surface area contributed by atoms with Crippen LogP contribution < -0.4 is 10.2 Å². The summed E-state index contributed by atoms with van der Waals surface area (Å²) < 4.78 is 13.7. The Labute approximate surface area is 150 Å². The second-order valence-electron chi connectivity index (χ2n) is 6.09. The average Bonchev–Trinajstić information content (AvgIpc) is 2.69. The summed E-state index contributed by atoms with van der Waals surface area (Å²) in [6.45, 7) is 0.854. The summed E-state index contributed by atoms with van der Waals surface area (Å²) in [5, 5.41) is 10.7. The number of halogens is 1. The molecule has 0 spiro atoms. The number of anilines is 3. The molecule has 0 saturated heterocycles. The van der Waals surface area contributed by atoms with Gasteiger partial charge < -0.3 is 10.2 Å². The summed E-state index contributed by atoms with van der Waals surface area (Å²) in [5.74, 6) is -0.289. The van der Waals surface area contributed by atoms with Crippen molar-refractivity contribution in [3.05, 3.63) is 77.7 Å². The minimum Gasteiger partial charge on any atom is -0.325 e. The zero-order chi connectivity index (χ0) is 17.9. The van der Waals surface area contributed by atoms with Crippen LogP contribution in [0.2, 0.25) is 0 Å². The van der Waals surface area contributed by atoms with Gasteiger partial charge in [-0.2, -0.15) is 0 Å². The fourth-order valence-corrected chi connectivity index (χ4v) is 3.11. The topological polar surface area (TPSA) is 58.1 Å². The van der Waals surface area contributed by atoms with Crippen molar-refractivity contribution in [2.45, 2.75) is 12.8 Å². The predicted octanol–water partition coefficient (Wildman–Crippen LogP) is 3.95. The highest BCUT2D eigenvalue weighted by molar-refractivity contribution is 6.02. The molecule has 2 aromatic carbocycles. The van der Waals surface area contributed by atoms with Crippen LogP contribution in [0.25, 0.3) is 0 Å². The molecular formula is C20H17FN4O. The summed E-state index contributed by atoms with van der Waals surface area (Å²) in [6, 6.07) is 17.6. The highest BCUT2D eigenvalue weighted by atomic mass is 19.1. The molecule has 5 nitrogen and oxygen atoms in total. The maximum absolute atomic E-state index is 13.7. The molecule has 0 radical (unpaired) electrons. The SMILES string of the molecule is O=C(Nc1ccccc1F)c1ccc(N2CCCc3ccccc32)nn1. The number of para-hydroxylation sites is 2. The fraction of sp³-hybridized carbons (Fsp3) is 0.150. The summed E-state index contributed by atoms with van der Waals surface area (Å²) in [5.41, 5.74) is 2.66. The van der Waals surface area contributed by atoms with E-state index in [2.05, 4.69) is 32.5 Å². The van der Waals surface area contributed by atoms with Crippen LogP contribution in [-0.4, -0.2) is 22.6 Å². The molecule has 130 valence electrons. The fourth-order valence-electron chi connectivity index (χ4n) is 3.11. The predicted molar refractivity (Wildman–Crippen MR) is 98.2 cm³/mol. The molecule has 1 aliphatic rings. The van der Waals surface area contributed by atoms with E-state index in [4.69, 9.17) is 0 Å². The van der Waals surface area contributed by atoms with Crippen LogP contribution >= 0.6 is 0 Å². The first-order chi connectivity index (χ1) is 12.7. The van der Waals surface area contributed by atoms with Crippen LogP contribution in [0.3, 0.4) is 0 Å². The Balaban J connectivity index is 1.54. The molecular weight excluding hydrogens is 331 g/mol. The van der Waals surface area contributed by atoms with E-state index in [0.717, 1.165) is 25.1 Å². The van der Waals surface area contributed by atoms with Gasteiger partial charge in [-0.15, -0.1) is 10.2 Å². The van der Waals surface area contributed by atoms with Crippen LogP contribution in [0, 0.1) is 5.82 Å². The normalized spacial score (nSPS) is 13.2. The first kappa shape index (κ1) is 16.2. The van der Waals surface area contributed by atoms with Crippen molar-refractivity contribution < 1.29 is 9.18 Å². The van der Waals surface area contributed by atoms with Crippen molar-refractivity contribution in [2.24, 2.45) is 0 Å². The number of nitrogens with one attached hydrogen (secondary N) is 1. The van der Waals surface area contributed by atoms with Gasteiger partial charge >= 0.3 is 0 Å². The lowest BCUT2D eigenvalue weighted by Gasteiger charge is -2.29. The molecule has 0 atom stereocenters. The maximum atomic E-state index is 13.7. The van der Waals surface area contributed by atoms with Gasteiger partial charge in [0.1, 0.15) is 5.82 Å². The second kappa shape index (κ2) is 6.92. The third-order valence-corrected chi connectivity index (χ3v) is 4.39. The smallest absolute Gasteiger partial charge is 0.276 e. The molecule has 4 rings (SSSR count). The van der Waals surface area contributed by atoms with Crippen LogP contribution in [-0.2, 0) is 6.42 Å². The minimum absolute atomic E-state index is 0.119. The number of amides is 1. The number of carbonyl (C=O) groups excluding carboxylic acids is 1. The van der Waals surface area contributed by atoms with Gasteiger partial charge in [0.2, 0.25) is 0 Å². The van der Waals surface area contributed by atoms with E-state index in [1.807, 2.05) is 12.1 Å². The molecule has 6 heteroatoms. The third kappa shape index (κ3) is 3.13. The Morgan fingerprint density at radius 1 is 1.00 bits per heavy atom. The number of aryl methyl sites for hydroxylation is 1. The van der Waals surface area contributed by atoms with E-state index >= 15 is 0 Å². The Kier molecular flexibility index (Phi) is 4.31. The van der Waals surface area contributed by atoms with E-state index < -0.39 is 11.7 Å². The monoisotopic (exact) mass is 348 g/mol. The lowest BCUT2D eigenvalue weighted by molar-refractivity contribution is 0.102. The van der Waals surface area contributed by atoms with Crippen molar-refractivity contribution in [3.63, 3.8) is 0 Å². The van der Waals surface area contributed by atoms with Crippen LogP contribution in [0.4, 0.5) is 21.6 Å². The number of benzene rings is 2. The number of hydrogen-bond acceptors (Lipinski definition) is 4. The number of rotatable bonds is 3. The highest BCUT2D eigenvalue weighted by Crippen LogP contribution is 2.31. The number of carbonyl (C=O) groups is 1. The molecule has 2 heterocycles. The van der Waals surface area contributed by atoms with Crippen molar-refractivity contribution in [1.82, 2.24) is 10.2 Å². The largest absolute Gasteiger partial charge is 0.325 e. The first-order valence-electron chi connectivity index (χ1n) is 8.47. The van der Waals surface area contributed by atoms with Crippen LogP contribution in [0.1, 0.15) is 22.5 Å². The number of aromatic nitrogens is 2. The lowest BCUT2D eigenvalue weighted by Crippen LogP contribution is -2.26. The zero-order valence-electron chi connectivity index (χ0n) is 14.0. The molecule has 1 aromatic heterocycles. The van der Waals surface area contributed by atoms with Gasteiger partial charge in [-0.05, 0) is 48.7 Å². The Morgan fingerprint density at radius 2 is 1.81 bits per heavy atom. The Morgan fingerprint density at radius 3 is 2.62 bits per heavy atom. The standard InChI is InChI=1S/C20H17FN4O/c21-15-8-2-3-9-16(15)22-20(26)17-11-12-19(24-23-17)25-13-5-7-14-6-1-4-10-18(14)25/h1-4,6,8-12H,5,7,13H2,(H,22,26). The molecule has 1 N–H and O–H groups in total. The Bertz CT molecular complexity index is 943. The molecule has 26 heavy (non-hydrogen) atoms. The second-order valence-corrected chi connectivity index (χ2v) is 6.09. The summed E-state index contributed by atoms with van der Waals surface area (Å²) in [6.07, 6.45) is 2.08. The van der Waals surface area contributed by atoms with Crippen molar-refractivity contribution >= 4 is 23.1 Å². The Hall–Kier alpha value is -3.28. The molecule has 1 aliphatic heterocycles. The molecule has 0 fully saturated rings. The van der Waals surface area contributed by atoms with Gasteiger partial charge in [0.25, 0.3) is 5.91 Å². The lowest BCUT2D eigenvalue weighted by atomic mass is 10.0. The first-order valence-corrected chi connectivity index (χ1v) is 8.47.